The second kappa shape index (κ2) is 3.57. The molecule has 0 aliphatic carbocycles. The van der Waals surface area contributed by atoms with Gasteiger partial charge in [0.1, 0.15) is 0 Å². The van der Waals surface area contributed by atoms with Gasteiger partial charge < -0.3 is 5.21 Å². The minimum atomic E-state index is 0.436. The summed E-state index contributed by atoms with van der Waals surface area (Å²) < 4.78 is 0.807. The largest absolute Gasteiger partial charge is 0.619 e. The number of hydrogen-bond donors (Lipinski definition) is 0. The molecule has 1 unspecified atom stereocenters. The van der Waals surface area contributed by atoms with Crippen LogP contribution in [-0.4, -0.2) is 0 Å². The van der Waals surface area contributed by atoms with E-state index < -0.39 is 0 Å². The summed E-state index contributed by atoms with van der Waals surface area (Å²) in [6.45, 7) is 6.34. The number of hydrogen-bond acceptors (Lipinski definition) is 1. The summed E-state index contributed by atoms with van der Waals surface area (Å²) in [6, 6.07) is 3.73. The molecule has 0 amide bonds. The minimum Gasteiger partial charge on any atom is -0.619 e. The third-order valence-corrected chi connectivity index (χ3v) is 2.19. The summed E-state index contributed by atoms with van der Waals surface area (Å²) in [4.78, 5) is 0. The third-order valence-electron chi connectivity index (χ3n) is 2.19. The number of nitrogens with zero attached hydrogens (tertiary/aromatic N) is 1. The van der Waals surface area contributed by atoms with Gasteiger partial charge >= 0.3 is 0 Å². The predicted octanol–water partition coefficient (Wildman–Crippen LogP) is 2.04. The highest BCUT2D eigenvalue weighted by Crippen LogP contribution is 2.23. The van der Waals surface area contributed by atoms with E-state index in [-0.39, 0.29) is 0 Å². The molecule has 0 fully saturated rings. The average Bonchev–Trinajstić information content (AvgIpc) is 2.04. The molecule has 0 N–H and O–H groups in total. The Hall–Kier alpha value is -1.05. The van der Waals surface area contributed by atoms with Crippen molar-refractivity contribution in [3.63, 3.8) is 0 Å². The first kappa shape index (κ1) is 9.04. The molecule has 2 nitrogen and oxygen atoms in total. The lowest BCUT2D eigenvalue weighted by molar-refractivity contribution is -0.605. The van der Waals surface area contributed by atoms with E-state index in [1.54, 1.807) is 0 Å². The van der Waals surface area contributed by atoms with Crippen LogP contribution in [-0.2, 0) is 0 Å². The van der Waals surface area contributed by atoms with Crippen LogP contribution in [0.3, 0.4) is 0 Å². The Bertz CT molecular complexity index is 241. The summed E-state index contributed by atoms with van der Waals surface area (Å²) in [5, 5.41) is 10.7. The van der Waals surface area contributed by atoms with Crippen molar-refractivity contribution >= 4 is 0 Å². The molecule has 0 aliphatic heterocycles. The summed E-state index contributed by atoms with van der Waals surface area (Å²) in [7, 11) is 0. The van der Waals surface area contributed by atoms with E-state index in [1.165, 1.54) is 23.9 Å². The molecule has 0 bridgehead atoms. The fourth-order valence-electron chi connectivity index (χ4n) is 1.05. The van der Waals surface area contributed by atoms with Crippen molar-refractivity contribution in [3.05, 3.63) is 41.2 Å². The molecular formula is C10H14NO. The van der Waals surface area contributed by atoms with Gasteiger partial charge in [-0.15, -0.1) is 0 Å². The molecule has 1 aromatic rings. The van der Waals surface area contributed by atoms with Crippen molar-refractivity contribution in [1.29, 1.82) is 0 Å². The van der Waals surface area contributed by atoms with E-state index >= 15 is 0 Å². The standard InChI is InChI=1S/C10H14NO/c1-8(2)9(3)10-4-6-11(12)7-5-10/h4-7,9H,1-3H3. The molecule has 2 heteroatoms. The van der Waals surface area contributed by atoms with Gasteiger partial charge in [0, 0.05) is 12.1 Å². The first-order valence-corrected chi connectivity index (χ1v) is 4.10. The van der Waals surface area contributed by atoms with Gasteiger partial charge in [0.2, 0.25) is 0 Å². The Morgan fingerprint density at radius 1 is 1.33 bits per heavy atom. The zero-order valence-electron chi connectivity index (χ0n) is 7.74. The topological polar surface area (TPSA) is 26.9 Å². The van der Waals surface area contributed by atoms with Crippen LogP contribution in [0.25, 0.3) is 0 Å². The van der Waals surface area contributed by atoms with E-state index in [0.29, 0.717) is 5.92 Å². The van der Waals surface area contributed by atoms with Crippen molar-refractivity contribution in [3.8, 4) is 0 Å². The van der Waals surface area contributed by atoms with E-state index in [0.717, 1.165) is 4.73 Å². The van der Waals surface area contributed by atoms with E-state index in [9.17, 15) is 5.21 Å². The third kappa shape index (κ3) is 1.97. The maximum atomic E-state index is 10.7. The molecule has 1 aromatic heterocycles. The Labute approximate surface area is 73.4 Å². The van der Waals surface area contributed by atoms with Crippen LogP contribution in [0.4, 0.5) is 0 Å². The lowest BCUT2D eigenvalue weighted by Gasteiger charge is -2.14. The molecule has 0 spiro atoms. The second-order valence-electron chi connectivity index (χ2n) is 3.29. The van der Waals surface area contributed by atoms with Gasteiger partial charge in [-0.1, -0.05) is 20.8 Å². The molecular weight excluding hydrogens is 150 g/mol. The van der Waals surface area contributed by atoms with E-state index in [2.05, 4.69) is 20.8 Å². The lowest BCUT2D eigenvalue weighted by atomic mass is 9.91. The van der Waals surface area contributed by atoms with Crippen LogP contribution in [0.5, 0.6) is 0 Å². The van der Waals surface area contributed by atoms with Crippen molar-refractivity contribution in [1.82, 2.24) is 0 Å². The molecule has 65 valence electrons. The summed E-state index contributed by atoms with van der Waals surface area (Å²) >= 11 is 0. The zero-order valence-corrected chi connectivity index (χ0v) is 7.74. The molecule has 1 atom stereocenters. The van der Waals surface area contributed by atoms with Crippen molar-refractivity contribution in [2.24, 2.45) is 0 Å². The maximum absolute atomic E-state index is 10.7. The first-order chi connectivity index (χ1) is 5.61. The average molecular weight is 164 g/mol. The summed E-state index contributed by atoms with van der Waals surface area (Å²) in [5.41, 5.74) is 1.20. The zero-order chi connectivity index (χ0) is 9.14. The molecule has 0 aromatic carbocycles. The van der Waals surface area contributed by atoms with Gasteiger partial charge in [-0.05, 0) is 17.4 Å². The van der Waals surface area contributed by atoms with Crippen LogP contribution in [0, 0.1) is 11.1 Å². The van der Waals surface area contributed by atoms with Gasteiger partial charge in [0.15, 0.2) is 12.4 Å². The van der Waals surface area contributed by atoms with Crippen molar-refractivity contribution < 1.29 is 4.73 Å². The molecule has 1 radical (unpaired) electrons. The maximum Gasteiger partial charge on any atom is 0.180 e. The highest BCUT2D eigenvalue weighted by atomic mass is 16.5. The van der Waals surface area contributed by atoms with Gasteiger partial charge in [0.25, 0.3) is 0 Å². The van der Waals surface area contributed by atoms with Crippen molar-refractivity contribution in [2.45, 2.75) is 26.7 Å². The predicted molar refractivity (Wildman–Crippen MR) is 48.4 cm³/mol. The summed E-state index contributed by atoms with van der Waals surface area (Å²) in [6.07, 6.45) is 3.07. The van der Waals surface area contributed by atoms with Crippen molar-refractivity contribution in [2.75, 3.05) is 0 Å². The molecule has 12 heavy (non-hydrogen) atoms. The number of pyridine rings is 1. The van der Waals surface area contributed by atoms with Gasteiger partial charge in [-0.25, -0.2) is 0 Å². The first-order valence-electron chi connectivity index (χ1n) is 4.10. The molecule has 1 heterocycles. The Kier molecular flexibility index (Phi) is 2.69. The Morgan fingerprint density at radius 3 is 2.25 bits per heavy atom. The van der Waals surface area contributed by atoms with Crippen LogP contribution >= 0.6 is 0 Å². The molecule has 0 saturated heterocycles. The van der Waals surface area contributed by atoms with Crippen LogP contribution in [0.1, 0.15) is 32.3 Å². The van der Waals surface area contributed by atoms with Crippen LogP contribution in [0.2, 0.25) is 0 Å². The molecule has 1 rings (SSSR count). The Morgan fingerprint density at radius 2 is 1.83 bits per heavy atom. The smallest absolute Gasteiger partial charge is 0.180 e. The molecule has 0 saturated carbocycles. The fraction of sp³-hybridized carbons (Fsp3) is 0.400. The summed E-state index contributed by atoms with van der Waals surface area (Å²) in [5.74, 6) is 1.80. The minimum absolute atomic E-state index is 0.436. The fourth-order valence-corrected chi connectivity index (χ4v) is 1.05. The number of rotatable bonds is 2. The second-order valence-corrected chi connectivity index (χ2v) is 3.29. The number of aromatic nitrogens is 1. The van der Waals surface area contributed by atoms with Crippen LogP contribution in [0.15, 0.2) is 24.5 Å². The highest BCUT2D eigenvalue weighted by Gasteiger charge is 2.10. The molecule has 0 aliphatic rings. The lowest BCUT2D eigenvalue weighted by Crippen LogP contribution is -2.24. The normalized spacial score (nSPS) is 13.3. The van der Waals surface area contributed by atoms with Gasteiger partial charge in [0.05, 0.1) is 0 Å². The Balaban J connectivity index is 2.82. The SMILES string of the molecule is C[C](C)C(C)c1cc[n+]([O-])cc1. The monoisotopic (exact) mass is 164 g/mol. The van der Waals surface area contributed by atoms with E-state index in [1.807, 2.05) is 12.1 Å². The van der Waals surface area contributed by atoms with Crippen LogP contribution < -0.4 is 4.73 Å². The van der Waals surface area contributed by atoms with Gasteiger partial charge in [-0.2, -0.15) is 4.73 Å². The quantitative estimate of drug-likeness (QED) is 0.485. The highest BCUT2D eigenvalue weighted by molar-refractivity contribution is 5.19. The van der Waals surface area contributed by atoms with E-state index in [4.69, 9.17) is 0 Å². The van der Waals surface area contributed by atoms with Gasteiger partial charge in [-0.3, -0.25) is 0 Å².